The van der Waals surface area contributed by atoms with E-state index in [-0.39, 0.29) is 0 Å². The van der Waals surface area contributed by atoms with E-state index in [1.165, 1.54) is 0 Å². The molecule has 0 bridgehead atoms. The van der Waals surface area contributed by atoms with Crippen LogP contribution in [0.25, 0.3) is 0 Å². The summed E-state index contributed by atoms with van der Waals surface area (Å²) in [4.78, 5) is 0. The van der Waals surface area contributed by atoms with Crippen LogP contribution < -0.4 is 5.32 Å². The average molecular weight is 345 g/mol. The summed E-state index contributed by atoms with van der Waals surface area (Å²) in [5.41, 5.74) is -6.23. The van der Waals surface area contributed by atoms with Crippen LogP contribution >= 0.6 is 0 Å². The van der Waals surface area contributed by atoms with E-state index in [2.05, 4.69) is 5.32 Å². The van der Waals surface area contributed by atoms with Crippen molar-refractivity contribution in [3.8, 4) is 0 Å². The van der Waals surface area contributed by atoms with Crippen LogP contribution in [-0.4, -0.2) is 23.0 Å². The van der Waals surface area contributed by atoms with E-state index in [0.29, 0.717) is 17.8 Å². The fourth-order valence-corrected chi connectivity index (χ4v) is 1.72. The van der Waals surface area contributed by atoms with Crippen LogP contribution in [-0.2, 0) is 5.60 Å². The number of benzene rings is 1. The minimum absolute atomic E-state index is 0.345. The Bertz CT molecular complexity index is 471. The van der Waals surface area contributed by atoms with E-state index >= 15 is 0 Å². The van der Waals surface area contributed by atoms with Crippen molar-refractivity contribution in [1.82, 2.24) is 0 Å². The fraction of sp³-hybridized carbons (Fsp3) is 0.600. The molecule has 1 aromatic carbocycles. The number of hydrogen-bond acceptors (Lipinski definition) is 2. The van der Waals surface area contributed by atoms with Crippen LogP contribution in [0.3, 0.4) is 0 Å². The molecule has 0 fully saturated rings. The first-order chi connectivity index (χ1) is 10.2. The van der Waals surface area contributed by atoms with Gasteiger partial charge in [0.1, 0.15) is 0 Å². The van der Waals surface area contributed by atoms with E-state index in [9.17, 15) is 31.4 Å². The van der Waals surface area contributed by atoms with Crippen molar-refractivity contribution in [3.05, 3.63) is 29.8 Å². The summed E-state index contributed by atoms with van der Waals surface area (Å²) in [5, 5.41) is 12.1. The standard InChI is InChI=1S/C13H15F6NO.C2H6/c1-10(2,3)20-9-6-4-8(5-7-9)11(21,12(14,15)16)13(17,18)19;1-2/h4-7,20-21H,1-3H3;1-2H3. The van der Waals surface area contributed by atoms with Crippen molar-refractivity contribution in [2.24, 2.45) is 0 Å². The maximum atomic E-state index is 12.7. The van der Waals surface area contributed by atoms with Crippen molar-refractivity contribution >= 4 is 5.69 Å². The van der Waals surface area contributed by atoms with Crippen molar-refractivity contribution in [2.45, 2.75) is 58.1 Å². The number of alkyl halides is 6. The third-order valence-corrected chi connectivity index (χ3v) is 2.64. The Balaban J connectivity index is 0.00000232. The largest absolute Gasteiger partial charge is 0.430 e. The summed E-state index contributed by atoms with van der Waals surface area (Å²) in [6.45, 7) is 9.34. The van der Waals surface area contributed by atoms with Gasteiger partial charge in [-0.05, 0) is 32.9 Å². The van der Waals surface area contributed by atoms with E-state index in [0.717, 1.165) is 12.1 Å². The summed E-state index contributed by atoms with van der Waals surface area (Å²) in [6, 6.07) is 3.33. The molecular weight excluding hydrogens is 324 g/mol. The lowest BCUT2D eigenvalue weighted by Crippen LogP contribution is -2.53. The molecule has 1 aromatic rings. The van der Waals surface area contributed by atoms with Crippen LogP contribution in [0.15, 0.2) is 24.3 Å². The average Bonchev–Trinajstić information content (AvgIpc) is 2.36. The molecule has 0 unspecified atom stereocenters. The Morgan fingerprint density at radius 1 is 0.783 bits per heavy atom. The minimum Gasteiger partial charge on any atom is -0.380 e. The highest BCUT2D eigenvalue weighted by molar-refractivity contribution is 5.47. The third-order valence-electron chi connectivity index (χ3n) is 2.64. The number of rotatable bonds is 2. The summed E-state index contributed by atoms with van der Waals surface area (Å²) in [7, 11) is 0. The van der Waals surface area contributed by atoms with Crippen LogP contribution in [0.1, 0.15) is 40.2 Å². The smallest absolute Gasteiger partial charge is 0.380 e. The molecule has 0 saturated carbocycles. The number of hydrogen-bond donors (Lipinski definition) is 2. The van der Waals surface area contributed by atoms with Crippen LogP contribution in [0, 0.1) is 0 Å². The monoisotopic (exact) mass is 345 g/mol. The van der Waals surface area contributed by atoms with Crippen LogP contribution in [0.4, 0.5) is 32.0 Å². The Kier molecular flexibility index (Phi) is 6.55. The Morgan fingerprint density at radius 3 is 1.39 bits per heavy atom. The first kappa shape index (κ1) is 21.6. The molecule has 0 atom stereocenters. The second-order valence-corrected chi connectivity index (χ2v) is 5.66. The molecule has 0 amide bonds. The van der Waals surface area contributed by atoms with Gasteiger partial charge < -0.3 is 10.4 Å². The molecule has 23 heavy (non-hydrogen) atoms. The van der Waals surface area contributed by atoms with Gasteiger partial charge in [-0.15, -0.1) is 0 Å². The quantitative estimate of drug-likeness (QED) is 0.719. The lowest BCUT2D eigenvalue weighted by Gasteiger charge is -2.33. The van der Waals surface area contributed by atoms with E-state index in [1.54, 1.807) is 20.8 Å². The van der Waals surface area contributed by atoms with Gasteiger partial charge in [0.25, 0.3) is 5.60 Å². The predicted octanol–water partition coefficient (Wildman–Crippen LogP) is 5.24. The van der Waals surface area contributed by atoms with Crippen LogP contribution in [0.2, 0.25) is 0 Å². The zero-order valence-electron chi connectivity index (χ0n) is 13.5. The first-order valence-corrected chi connectivity index (χ1v) is 6.93. The molecule has 0 aliphatic heterocycles. The topological polar surface area (TPSA) is 32.3 Å². The molecule has 0 aromatic heterocycles. The molecule has 0 heterocycles. The molecule has 2 nitrogen and oxygen atoms in total. The molecule has 1 rings (SSSR count). The molecular formula is C15H21F6NO. The van der Waals surface area contributed by atoms with Gasteiger partial charge in [0.2, 0.25) is 0 Å². The lowest BCUT2D eigenvalue weighted by atomic mass is 9.92. The zero-order chi connectivity index (χ0) is 18.7. The van der Waals surface area contributed by atoms with Gasteiger partial charge in [0.05, 0.1) is 0 Å². The van der Waals surface area contributed by atoms with Gasteiger partial charge in [-0.25, -0.2) is 0 Å². The number of nitrogens with one attached hydrogen (secondary N) is 1. The van der Waals surface area contributed by atoms with Gasteiger partial charge >= 0.3 is 12.4 Å². The lowest BCUT2D eigenvalue weighted by molar-refractivity contribution is -0.376. The van der Waals surface area contributed by atoms with E-state index < -0.39 is 29.1 Å². The highest BCUT2D eigenvalue weighted by atomic mass is 19.4. The molecule has 0 aliphatic carbocycles. The molecule has 2 N–H and O–H groups in total. The fourth-order valence-electron chi connectivity index (χ4n) is 1.72. The number of anilines is 1. The predicted molar refractivity (Wildman–Crippen MR) is 77.2 cm³/mol. The Hall–Kier alpha value is -1.44. The molecule has 0 radical (unpaired) electrons. The van der Waals surface area contributed by atoms with E-state index in [4.69, 9.17) is 0 Å². The Labute approximate surface area is 131 Å². The maximum Gasteiger partial charge on any atom is 0.430 e. The van der Waals surface area contributed by atoms with Crippen molar-refractivity contribution in [3.63, 3.8) is 0 Å². The maximum absolute atomic E-state index is 12.7. The third kappa shape index (κ3) is 5.02. The van der Waals surface area contributed by atoms with Crippen LogP contribution in [0.5, 0.6) is 0 Å². The molecule has 0 spiro atoms. The summed E-state index contributed by atoms with van der Waals surface area (Å²) >= 11 is 0. The normalized spacial score (nSPS) is 13.2. The van der Waals surface area contributed by atoms with Gasteiger partial charge in [0, 0.05) is 16.8 Å². The van der Waals surface area contributed by atoms with Gasteiger partial charge in [-0.1, -0.05) is 26.0 Å². The molecule has 8 heteroatoms. The zero-order valence-corrected chi connectivity index (χ0v) is 13.5. The van der Waals surface area contributed by atoms with Crippen molar-refractivity contribution in [2.75, 3.05) is 5.32 Å². The summed E-state index contributed by atoms with van der Waals surface area (Å²) in [6.07, 6.45) is -11.7. The Morgan fingerprint density at radius 2 is 1.13 bits per heavy atom. The summed E-state index contributed by atoms with van der Waals surface area (Å²) < 4.78 is 76.0. The highest BCUT2D eigenvalue weighted by Crippen LogP contribution is 2.50. The number of aliphatic hydroxyl groups is 1. The van der Waals surface area contributed by atoms with Crippen molar-refractivity contribution in [1.29, 1.82) is 0 Å². The van der Waals surface area contributed by atoms with Gasteiger partial charge in [-0.3, -0.25) is 0 Å². The second kappa shape index (κ2) is 6.98. The highest BCUT2D eigenvalue weighted by Gasteiger charge is 2.71. The number of halogens is 6. The van der Waals surface area contributed by atoms with Gasteiger partial charge in [0.15, 0.2) is 0 Å². The second-order valence-electron chi connectivity index (χ2n) is 5.66. The minimum atomic E-state index is -5.87. The molecule has 134 valence electrons. The molecule has 0 aliphatic rings. The van der Waals surface area contributed by atoms with Crippen molar-refractivity contribution < 1.29 is 31.4 Å². The first-order valence-electron chi connectivity index (χ1n) is 6.93. The molecule has 0 saturated heterocycles. The van der Waals surface area contributed by atoms with E-state index in [1.807, 2.05) is 13.8 Å². The SMILES string of the molecule is CC.CC(C)(C)Nc1ccc(C(O)(C(F)(F)F)C(F)(F)F)cc1. The summed E-state index contributed by atoms with van der Waals surface area (Å²) in [5.74, 6) is 0. The van der Waals surface area contributed by atoms with Gasteiger partial charge in [-0.2, -0.15) is 26.3 Å².